The van der Waals surface area contributed by atoms with E-state index in [1.807, 2.05) is 54.5 Å². The number of piperidine rings is 1. The van der Waals surface area contributed by atoms with Crippen LogP contribution in [0.15, 0.2) is 53.3 Å². The second-order valence-electron chi connectivity index (χ2n) is 8.95. The molecule has 0 unspecified atom stereocenters. The van der Waals surface area contributed by atoms with Crippen LogP contribution in [0, 0.1) is 0 Å². The summed E-state index contributed by atoms with van der Waals surface area (Å²) in [4.78, 5) is 19.8. The Labute approximate surface area is 195 Å². The third kappa shape index (κ3) is 4.11. The molecule has 5 rings (SSSR count). The molecule has 176 valence electrons. The predicted octanol–water partition coefficient (Wildman–Crippen LogP) is 3.93. The van der Waals surface area contributed by atoms with Gasteiger partial charge in [-0.2, -0.15) is 0 Å². The van der Waals surface area contributed by atoms with Gasteiger partial charge < -0.3 is 0 Å². The molecule has 0 radical (unpaired) electrons. The molecule has 3 heterocycles. The van der Waals surface area contributed by atoms with E-state index in [0.29, 0.717) is 17.9 Å². The molecule has 6 nitrogen and oxygen atoms in total. The fourth-order valence-electron chi connectivity index (χ4n) is 4.92. The van der Waals surface area contributed by atoms with E-state index in [-0.39, 0.29) is 11.7 Å². The van der Waals surface area contributed by atoms with Crippen LogP contribution in [-0.2, 0) is 26.8 Å². The summed E-state index contributed by atoms with van der Waals surface area (Å²) in [6.07, 6.45) is -2.62. The predicted molar refractivity (Wildman–Crippen MR) is 126 cm³/mol. The molecule has 34 heavy (non-hydrogen) atoms. The van der Waals surface area contributed by atoms with Crippen LogP contribution in [0.3, 0.4) is 0 Å². The number of nitrogens with zero attached hydrogens (tertiary/aromatic N) is 5. The first-order chi connectivity index (χ1) is 16.2. The number of imidazole rings is 1. The van der Waals surface area contributed by atoms with Crippen LogP contribution < -0.4 is 5.69 Å². The van der Waals surface area contributed by atoms with Gasteiger partial charge in [-0.3, -0.25) is 0 Å². The van der Waals surface area contributed by atoms with E-state index in [1.165, 1.54) is 12.1 Å². The standard InChI is InChI=1S/C24H25BF3N5O/c1-30-19-5-3-4-6-20(19)33(23(30)34)18-11-13-32(14-12-18)15-21-25-31(2)22(29-21)16-7-9-17(10-8-16)24(26,27)28/h3-10,18H,11-15H2,1-2H3. The fraction of sp³-hybridized carbons (Fsp3) is 0.375. The third-order valence-electron chi connectivity index (χ3n) is 6.70. The molecule has 2 aromatic heterocycles. The molecule has 10 heteroatoms. The molecule has 2 aromatic carbocycles. The zero-order chi connectivity index (χ0) is 24.0. The van der Waals surface area contributed by atoms with Crippen molar-refractivity contribution in [2.45, 2.75) is 31.6 Å². The van der Waals surface area contributed by atoms with Crippen molar-refractivity contribution < 1.29 is 13.2 Å². The van der Waals surface area contributed by atoms with E-state index in [2.05, 4.69) is 9.88 Å². The van der Waals surface area contributed by atoms with E-state index >= 15 is 0 Å². The number of hydrogen-bond acceptors (Lipinski definition) is 3. The minimum atomic E-state index is -4.35. The van der Waals surface area contributed by atoms with Crippen LogP contribution in [0.1, 0.15) is 30.0 Å². The van der Waals surface area contributed by atoms with Crippen molar-refractivity contribution in [1.82, 2.24) is 23.5 Å². The SMILES string of the molecule is Cn1bc(CN2CCC(n3c(=O)n(C)c4ccccc43)CC2)nc1-c1ccc(C(F)(F)F)cc1. The Bertz CT molecular complexity index is 1380. The molecular formula is C24H25BF3N5O. The van der Waals surface area contributed by atoms with Crippen molar-refractivity contribution in [3.05, 3.63) is 70.2 Å². The summed E-state index contributed by atoms with van der Waals surface area (Å²) in [5.41, 5.74) is 2.79. The van der Waals surface area contributed by atoms with Crippen LogP contribution >= 0.6 is 0 Å². The number of para-hydroxylation sites is 2. The monoisotopic (exact) mass is 467 g/mol. The summed E-state index contributed by atoms with van der Waals surface area (Å²) < 4.78 is 44.0. The number of aryl methyl sites for hydroxylation is 2. The Morgan fingerprint density at radius 3 is 2.29 bits per heavy atom. The third-order valence-corrected chi connectivity index (χ3v) is 6.70. The molecular weight excluding hydrogens is 442 g/mol. The Morgan fingerprint density at radius 2 is 1.65 bits per heavy atom. The van der Waals surface area contributed by atoms with Gasteiger partial charge in [-0.05, 0) is 0 Å². The number of aromatic nitrogens is 4. The van der Waals surface area contributed by atoms with Crippen molar-refractivity contribution in [2.75, 3.05) is 13.1 Å². The number of hydrogen-bond donors (Lipinski definition) is 0. The Hall–Kier alpha value is -3.14. The van der Waals surface area contributed by atoms with Gasteiger partial charge in [0.25, 0.3) is 0 Å². The number of rotatable bonds is 4. The number of halogens is 3. The first kappa shape index (κ1) is 22.6. The molecule has 0 aliphatic carbocycles. The molecule has 4 aromatic rings. The van der Waals surface area contributed by atoms with Crippen molar-refractivity contribution in [1.29, 1.82) is 0 Å². The molecule has 1 aliphatic rings. The molecule has 0 N–H and O–H groups in total. The summed E-state index contributed by atoms with van der Waals surface area (Å²) in [6.45, 7) is 2.34. The summed E-state index contributed by atoms with van der Waals surface area (Å²) in [5.74, 6) is 0.640. The number of likely N-dealkylation sites (tertiary alicyclic amines) is 1. The van der Waals surface area contributed by atoms with Crippen LogP contribution in [-0.4, -0.2) is 43.6 Å². The summed E-state index contributed by atoms with van der Waals surface area (Å²) in [6, 6.07) is 13.1. The molecule has 0 spiro atoms. The van der Waals surface area contributed by atoms with Gasteiger partial charge in [-0.15, -0.1) is 0 Å². The molecule has 0 atom stereocenters. The maximum absolute atomic E-state index is 12.9. The second-order valence-corrected chi connectivity index (χ2v) is 8.95. The van der Waals surface area contributed by atoms with Crippen LogP contribution in [0.4, 0.5) is 13.2 Å². The molecule has 0 bridgehead atoms. The Morgan fingerprint density at radius 1 is 1.00 bits per heavy atom. The average molecular weight is 467 g/mol. The van der Waals surface area contributed by atoms with Crippen LogP contribution in [0.25, 0.3) is 22.4 Å². The van der Waals surface area contributed by atoms with Gasteiger partial charge in [0, 0.05) is 0 Å². The molecule has 1 saturated heterocycles. The van der Waals surface area contributed by atoms with Gasteiger partial charge in [0.2, 0.25) is 0 Å². The van der Waals surface area contributed by atoms with E-state index in [9.17, 15) is 18.0 Å². The number of benzene rings is 2. The van der Waals surface area contributed by atoms with Crippen LogP contribution in [0.2, 0.25) is 0 Å². The van der Waals surface area contributed by atoms with E-state index < -0.39 is 11.7 Å². The molecule has 0 amide bonds. The first-order valence-electron chi connectivity index (χ1n) is 11.3. The molecule has 0 saturated carbocycles. The molecule has 1 aliphatic heterocycles. The van der Waals surface area contributed by atoms with Gasteiger partial charge in [0.1, 0.15) is 0 Å². The zero-order valence-electron chi connectivity index (χ0n) is 19.1. The first-order valence-corrected chi connectivity index (χ1v) is 11.3. The zero-order valence-corrected chi connectivity index (χ0v) is 19.1. The fourth-order valence-corrected chi connectivity index (χ4v) is 4.92. The topological polar surface area (TPSA) is 48.0 Å². The van der Waals surface area contributed by atoms with Crippen molar-refractivity contribution >= 4 is 18.1 Å². The Kier molecular flexibility index (Phi) is 5.71. The van der Waals surface area contributed by atoms with E-state index in [0.717, 1.165) is 54.7 Å². The van der Waals surface area contributed by atoms with E-state index in [4.69, 9.17) is 0 Å². The molecule has 1 fully saturated rings. The summed E-state index contributed by atoms with van der Waals surface area (Å²) >= 11 is 0. The van der Waals surface area contributed by atoms with Crippen molar-refractivity contribution in [3.63, 3.8) is 0 Å². The minimum absolute atomic E-state index is 0.0190. The second kappa shape index (κ2) is 8.58. The van der Waals surface area contributed by atoms with Crippen molar-refractivity contribution in [2.24, 2.45) is 14.1 Å². The Balaban J connectivity index is 1.27. The summed E-state index contributed by atoms with van der Waals surface area (Å²) in [7, 11) is 5.59. The number of alkyl halides is 3. The van der Waals surface area contributed by atoms with Gasteiger partial charge in [-0.25, -0.2) is 0 Å². The van der Waals surface area contributed by atoms with Gasteiger partial charge in [0.05, 0.1) is 0 Å². The van der Waals surface area contributed by atoms with E-state index in [1.54, 1.807) is 4.57 Å². The van der Waals surface area contributed by atoms with Gasteiger partial charge in [-0.1, -0.05) is 0 Å². The maximum atomic E-state index is 12.9. The number of fused-ring (bicyclic) bond motifs is 1. The quantitative estimate of drug-likeness (QED) is 0.457. The van der Waals surface area contributed by atoms with Crippen molar-refractivity contribution in [3.8, 4) is 11.4 Å². The van der Waals surface area contributed by atoms with Crippen LogP contribution in [0.5, 0.6) is 0 Å². The van der Waals surface area contributed by atoms with Gasteiger partial charge >= 0.3 is 195 Å². The van der Waals surface area contributed by atoms with Gasteiger partial charge in [0.15, 0.2) is 0 Å². The average Bonchev–Trinajstić information content (AvgIpc) is 3.31. The summed E-state index contributed by atoms with van der Waals surface area (Å²) in [5, 5.41) is 0. The normalized spacial score (nSPS) is 15.8.